The number of H-pyrrole nitrogens is 1. The first-order valence-corrected chi connectivity index (χ1v) is 8.23. The molecule has 4 rings (SSSR count). The number of rotatable bonds is 3. The highest BCUT2D eigenvalue weighted by Crippen LogP contribution is 2.27. The molecule has 0 fully saturated rings. The zero-order valence-corrected chi connectivity index (χ0v) is 12.9. The predicted molar refractivity (Wildman–Crippen MR) is 90.8 cm³/mol. The molecule has 7 heteroatoms. The Bertz CT molecular complexity index is 991. The van der Waals surface area contributed by atoms with Crippen molar-refractivity contribution in [2.45, 2.75) is 0 Å². The second-order valence-electron chi connectivity index (χ2n) is 4.63. The summed E-state index contributed by atoms with van der Waals surface area (Å²) in [6.07, 6.45) is 1.09. The predicted octanol–water partition coefficient (Wildman–Crippen LogP) is 3.50. The number of nitrogens with one attached hydrogen (secondary N) is 2. The summed E-state index contributed by atoms with van der Waals surface area (Å²) in [6, 6.07) is 11.6. The fraction of sp³-hybridized carbons (Fsp3) is 0. The van der Waals surface area contributed by atoms with E-state index < -0.39 is 0 Å². The number of nitrogens with zero attached hydrogens (tertiary/aromatic N) is 2. The maximum absolute atomic E-state index is 12.5. The van der Waals surface area contributed by atoms with E-state index in [0.717, 1.165) is 21.3 Å². The molecule has 2 N–H and O–H groups in total. The summed E-state index contributed by atoms with van der Waals surface area (Å²) >= 11 is 2.97. The van der Waals surface area contributed by atoms with Crippen LogP contribution >= 0.6 is 22.7 Å². The zero-order valence-electron chi connectivity index (χ0n) is 11.2. The van der Waals surface area contributed by atoms with Crippen LogP contribution in [0.3, 0.4) is 0 Å². The van der Waals surface area contributed by atoms with Gasteiger partial charge in [-0.25, -0.2) is 4.98 Å². The molecule has 0 atom stereocenters. The van der Waals surface area contributed by atoms with Gasteiger partial charge < -0.3 is 5.41 Å². The van der Waals surface area contributed by atoms with Gasteiger partial charge in [-0.3, -0.25) is 9.89 Å². The Morgan fingerprint density at radius 3 is 2.82 bits per heavy atom. The topological polar surface area (TPSA) is 74.5 Å². The first kappa shape index (κ1) is 13.2. The molecule has 3 heterocycles. The third-order valence-electron chi connectivity index (χ3n) is 3.31. The number of aromatic amines is 1. The Kier molecular flexibility index (Phi) is 3.02. The average molecular weight is 326 g/mol. The molecule has 0 saturated heterocycles. The van der Waals surface area contributed by atoms with Gasteiger partial charge in [0.1, 0.15) is 0 Å². The van der Waals surface area contributed by atoms with Crippen LogP contribution in [0, 0.1) is 5.41 Å². The minimum atomic E-state index is -0.252. The highest BCUT2D eigenvalue weighted by Gasteiger charge is 2.17. The Balaban J connectivity index is 1.96. The summed E-state index contributed by atoms with van der Waals surface area (Å²) in [5.74, 6) is 0. The van der Waals surface area contributed by atoms with E-state index in [-0.39, 0.29) is 5.56 Å². The van der Waals surface area contributed by atoms with Gasteiger partial charge >= 0.3 is 0 Å². The standard InChI is InChI=1S/C15H10N4OS2/c16-8-9-13(12-6-3-7-21-12)18-19(14(9)20)15-17-10-4-1-2-5-11(10)22-15/h1-8,16,18H. The molecule has 5 nitrogen and oxygen atoms in total. The van der Waals surface area contributed by atoms with Gasteiger partial charge in [-0.15, -0.1) is 11.3 Å². The molecule has 3 aromatic heterocycles. The van der Waals surface area contributed by atoms with Crippen LogP contribution in [0.5, 0.6) is 0 Å². The molecular weight excluding hydrogens is 316 g/mol. The largest absolute Gasteiger partial charge is 0.308 e. The van der Waals surface area contributed by atoms with Crippen molar-refractivity contribution in [1.82, 2.24) is 14.8 Å². The minimum Gasteiger partial charge on any atom is -0.308 e. The number of para-hydroxylation sites is 1. The molecule has 0 bridgehead atoms. The van der Waals surface area contributed by atoms with E-state index >= 15 is 0 Å². The Morgan fingerprint density at radius 2 is 2.09 bits per heavy atom. The zero-order chi connectivity index (χ0) is 15.1. The highest BCUT2D eigenvalue weighted by molar-refractivity contribution is 7.20. The molecule has 4 aromatic rings. The number of hydrogen-bond acceptors (Lipinski definition) is 5. The first-order valence-electron chi connectivity index (χ1n) is 6.53. The molecule has 0 aliphatic heterocycles. The van der Waals surface area contributed by atoms with Crippen LogP contribution in [0.2, 0.25) is 0 Å². The SMILES string of the molecule is N=Cc1c(-c2cccs2)[nH]n(-c2nc3ccccc3s2)c1=O. The molecule has 0 saturated carbocycles. The van der Waals surface area contributed by atoms with Crippen molar-refractivity contribution in [3.05, 3.63) is 57.7 Å². The Hall–Kier alpha value is -2.51. The van der Waals surface area contributed by atoms with Crippen molar-refractivity contribution >= 4 is 39.1 Å². The molecule has 1 aromatic carbocycles. The summed E-state index contributed by atoms with van der Waals surface area (Å²) in [5, 5.41) is 13.2. The Morgan fingerprint density at radius 1 is 1.23 bits per heavy atom. The number of thiazole rings is 1. The maximum atomic E-state index is 12.5. The highest BCUT2D eigenvalue weighted by atomic mass is 32.1. The fourth-order valence-corrected chi connectivity index (χ4v) is 3.94. The maximum Gasteiger partial charge on any atom is 0.282 e. The second-order valence-corrected chi connectivity index (χ2v) is 6.58. The fourth-order valence-electron chi connectivity index (χ4n) is 2.28. The third kappa shape index (κ3) is 1.94. The lowest BCUT2D eigenvalue weighted by atomic mass is 10.2. The molecule has 22 heavy (non-hydrogen) atoms. The number of fused-ring (bicyclic) bond motifs is 1. The summed E-state index contributed by atoms with van der Waals surface area (Å²) in [7, 11) is 0. The molecule has 0 aliphatic rings. The van der Waals surface area contributed by atoms with Crippen LogP contribution in [-0.4, -0.2) is 21.0 Å². The van der Waals surface area contributed by atoms with Crippen molar-refractivity contribution in [2.24, 2.45) is 0 Å². The van der Waals surface area contributed by atoms with E-state index in [1.165, 1.54) is 27.4 Å². The summed E-state index contributed by atoms with van der Waals surface area (Å²) in [4.78, 5) is 18.0. The summed E-state index contributed by atoms with van der Waals surface area (Å²) < 4.78 is 2.44. The van der Waals surface area contributed by atoms with Crippen molar-refractivity contribution in [3.8, 4) is 15.7 Å². The lowest BCUT2D eigenvalue weighted by Crippen LogP contribution is -2.16. The number of aromatic nitrogens is 3. The van der Waals surface area contributed by atoms with Crippen molar-refractivity contribution in [2.75, 3.05) is 0 Å². The van der Waals surface area contributed by atoms with E-state index in [4.69, 9.17) is 5.41 Å². The number of benzene rings is 1. The van der Waals surface area contributed by atoms with Crippen molar-refractivity contribution < 1.29 is 0 Å². The molecular formula is C15H10N4OS2. The van der Waals surface area contributed by atoms with Gasteiger partial charge in [0.05, 0.1) is 26.4 Å². The number of thiophene rings is 1. The summed E-state index contributed by atoms with van der Waals surface area (Å²) in [5.41, 5.74) is 1.62. The van der Waals surface area contributed by atoms with E-state index in [1.54, 1.807) is 0 Å². The van der Waals surface area contributed by atoms with Crippen LogP contribution in [0.1, 0.15) is 5.56 Å². The van der Waals surface area contributed by atoms with Gasteiger partial charge in [0.15, 0.2) is 0 Å². The van der Waals surface area contributed by atoms with Gasteiger partial charge in [0.25, 0.3) is 5.56 Å². The molecule has 0 spiro atoms. The van der Waals surface area contributed by atoms with Crippen LogP contribution in [-0.2, 0) is 0 Å². The summed E-state index contributed by atoms with van der Waals surface area (Å²) in [6.45, 7) is 0. The van der Waals surface area contributed by atoms with Crippen LogP contribution < -0.4 is 5.56 Å². The van der Waals surface area contributed by atoms with Gasteiger partial charge in [-0.05, 0) is 23.6 Å². The van der Waals surface area contributed by atoms with Gasteiger partial charge in [0, 0.05) is 6.21 Å². The van der Waals surface area contributed by atoms with Crippen molar-refractivity contribution in [1.29, 1.82) is 5.41 Å². The van der Waals surface area contributed by atoms with Crippen LogP contribution in [0.25, 0.3) is 25.9 Å². The van der Waals surface area contributed by atoms with Gasteiger partial charge in [-0.2, -0.15) is 4.68 Å². The second kappa shape index (κ2) is 5.04. The van der Waals surface area contributed by atoms with E-state index in [9.17, 15) is 4.79 Å². The van der Waals surface area contributed by atoms with Crippen molar-refractivity contribution in [3.63, 3.8) is 0 Å². The molecule has 0 radical (unpaired) electrons. The van der Waals surface area contributed by atoms with E-state index in [0.29, 0.717) is 16.4 Å². The van der Waals surface area contributed by atoms with Gasteiger partial charge in [0.2, 0.25) is 5.13 Å². The van der Waals surface area contributed by atoms with Crippen LogP contribution in [0.4, 0.5) is 0 Å². The smallest absolute Gasteiger partial charge is 0.282 e. The Labute approximate surface area is 133 Å². The lowest BCUT2D eigenvalue weighted by Gasteiger charge is -1.95. The first-order chi connectivity index (χ1) is 10.8. The molecule has 0 unspecified atom stereocenters. The van der Waals surface area contributed by atoms with E-state index in [2.05, 4.69) is 10.1 Å². The molecule has 108 valence electrons. The monoisotopic (exact) mass is 326 g/mol. The average Bonchev–Trinajstić information content (AvgIpc) is 3.24. The molecule has 0 aliphatic carbocycles. The number of hydrogen-bond donors (Lipinski definition) is 2. The normalized spacial score (nSPS) is 11.1. The minimum absolute atomic E-state index is 0.252. The van der Waals surface area contributed by atoms with E-state index in [1.807, 2.05) is 41.8 Å². The van der Waals surface area contributed by atoms with Crippen LogP contribution in [0.15, 0.2) is 46.6 Å². The lowest BCUT2D eigenvalue weighted by molar-refractivity contribution is 0.846. The van der Waals surface area contributed by atoms with Gasteiger partial charge in [-0.1, -0.05) is 29.5 Å². The molecule has 0 amide bonds. The third-order valence-corrected chi connectivity index (χ3v) is 5.22. The quantitative estimate of drug-likeness (QED) is 0.565.